The molecule has 2 aromatic heterocycles. The Morgan fingerprint density at radius 2 is 1.93 bits per heavy atom. The highest BCUT2D eigenvalue weighted by molar-refractivity contribution is 5.92. The minimum atomic E-state index is -4.43. The number of alkyl halides is 3. The van der Waals surface area contributed by atoms with Gasteiger partial charge in [-0.05, 0) is 51.3 Å². The van der Waals surface area contributed by atoms with E-state index in [1.165, 1.54) is 6.20 Å². The Morgan fingerprint density at radius 1 is 1.23 bits per heavy atom. The molecule has 162 valence electrons. The van der Waals surface area contributed by atoms with Gasteiger partial charge >= 0.3 is 6.18 Å². The number of nitrogens with zero attached hydrogens (tertiary/aromatic N) is 4. The van der Waals surface area contributed by atoms with Crippen molar-refractivity contribution in [1.29, 1.82) is 0 Å². The van der Waals surface area contributed by atoms with Crippen LogP contribution in [0.5, 0.6) is 5.88 Å². The smallest absolute Gasteiger partial charge is 0.422 e. The summed E-state index contributed by atoms with van der Waals surface area (Å²) in [6.45, 7) is 5.52. The maximum absolute atomic E-state index is 12.7. The van der Waals surface area contributed by atoms with Crippen LogP contribution in [0.3, 0.4) is 0 Å². The van der Waals surface area contributed by atoms with E-state index < -0.39 is 18.8 Å². The second-order valence-electron chi connectivity index (χ2n) is 7.38. The summed E-state index contributed by atoms with van der Waals surface area (Å²) in [6, 6.07) is 2.84. The first-order valence-corrected chi connectivity index (χ1v) is 9.70. The second-order valence-corrected chi connectivity index (χ2v) is 7.38. The largest absolute Gasteiger partial charge is 0.468 e. The lowest BCUT2D eigenvalue weighted by atomic mass is 10.1. The van der Waals surface area contributed by atoms with Crippen LogP contribution in [-0.2, 0) is 0 Å². The van der Waals surface area contributed by atoms with Crippen LogP contribution in [0.15, 0.2) is 18.3 Å². The van der Waals surface area contributed by atoms with Gasteiger partial charge in [0.15, 0.2) is 6.61 Å². The van der Waals surface area contributed by atoms with Gasteiger partial charge in [-0.15, -0.1) is 0 Å². The van der Waals surface area contributed by atoms with Gasteiger partial charge in [-0.25, -0.2) is 15.0 Å². The molecule has 1 atom stereocenters. The number of aryl methyl sites for hydroxylation is 2. The first-order valence-electron chi connectivity index (χ1n) is 9.70. The third-order valence-electron chi connectivity index (χ3n) is 4.74. The molecule has 0 aliphatic carbocycles. The number of hydrogen-bond donors (Lipinski definition) is 1. The Morgan fingerprint density at radius 3 is 2.57 bits per heavy atom. The zero-order chi connectivity index (χ0) is 21.9. The van der Waals surface area contributed by atoms with Crippen molar-refractivity contribution < 1.29 is 22.7 Å². The molecule has 3 heterocycles. The van der Waals surface area contributed by atoms with Crippen LogP contribution in [0, 0.1) is 13.8 Å². The van der Waals surface area contributed by atoms with Crippen LogP contribution in [0.1, 0.15) is 53.1 Å². The van der Waals surface area contributed by atoms with Crippen LogP contribution in [-0.4, -0.2) is 46.7 Å². The lowest BCUT2D eigenvalue weighted by Crippen LogP contribution is -2.29. The molecule has 1 amide bonds. The molecule has 30 heavy (non-hydrogen) atoms. The van der Waals surface area contributed by atoms with Gasteiger partial charge in [0, 0.05) is 30.5 Å². The molecule has 1 N–H and O–H groups in total. The van der Waals surface area contributed by atoms with Crippen LogP contribution in [0.25, 0.3) is 0 Å². The Hall–Kier alpha value is -2.91. The van der Waals surface area contributed by atoms with Crippen LogP contribution in [0.2, 0.25) is 0 Å². The van der Waals surface area contributed by atoms with Crippen molar-refractivity contribution in [3.05, 3.63) is 40.8 Å². The third kappa shape index (κ3) is 5.58. The van der Waals surface area contributed by atoms with E-state index in [2.05, 4.69) is 25.2 Å². The average molecular weight is 423 g/mol. The fourth-order valence-electron chi connectivity index (χ4n) is 3.20. The average Bonchev–Trinajstić information content (AvgIpc) is 3.20. The highest BCUT2D eigenvalue weighted by atomic mass is 19.4. The number of rotatable bonds is 6. The Bertz CT molecular complexity index is 914. The van der Waals surface area contributed by atoms with E-state index in [1.807, 2.05) is 6.92 Å². The third-order valence-corrected chi connectivity index (χ3v) is 4.74. The molecular formula is C20H24F3N5O2. The standard InChI is InChI=1S/C20H24F3N5O2/c1-12-8-15(10-24-18(12)30-11-20(21,22)23)14(3)26-17(29)16-9-13(2)25-19(27-16)28-6-4-5-7-28/h8-10,14H,4-7,11H2,1-3H3,(H,26,29). The lowest BCUT2D eigenvalue weighted by molar-refractivity contribution is -0.154. The zero-order valence-electron chi connectivity index (χ0n) is 17.1. The summed E-state index contributed by atoms with van der Waals surface area (Å²) in [5.41, 5.74) is 2.07. The monoisotopic (exact) mass is 423 g/mol. The van der Waals surface area contributed by atoms with Gasteiger partial charge in [0.1, 0.15) is 5.69 Å². The summed E-state index contributed by atoms with van der Waals surface area (Å²) in [5, 5.41) is 2.85. The van der Waals surface area contributed by atoms with Crippen molar-refractivity contribution in [1.82, 2.24) is 20.3 Å². The van der Waals surface area contributed by atoms with Crippen molar-refractivity contribution in [2.24, 2.45) is 0 Å². The number of nitrogens with one attached hydrogen (secondary N) is 1. The summed E-state index contributed by atoms with van der Waals surface area (Å²) < 4.78 is 41.7. The molecule has 1 fully saturated rings. The van der Waals surface area contributed by atoms with Gasteiger partial charge in [0.25, 0.3) is 5.91 Å². The van der Waals surface area contributed by atoms with Crippen molar-refractivity contribution in [2.75, 3.05) is 24.6 Å². The fraction of sp³-hybridized carbons (Fsp3) is 0.500. The van der Waals surface area contributed by atoms with Crippen molar-refractivity contribution in [2.45, 2.75) is 45.8 Å². The van der Waals surface area contributed by atoms with Gasteiger partial charge in [-0.3, -0.25) is 4.79 Å². The number of amides is 1. The fourth-order valence-corrected chi connectivity index (χ4v) is 3.20. The number of pyridine rings is 1. The number of ether oxygens (including phenoxy) is 1. The van der Waals surface area contributed by atoms with Gasteiger partial charge in [-0.2, -0.15) is 13.2 Å². The summed E-state index contributed by atoms with van der Waals surface area (Å²) in [7, 11) is 0. The summed E-state index contributed by atoms with van der Waals surface area (Å²) in [5.74, 6) is 0.105. The van der Waals surface area contributed by atoms with Crippen molar-refractivity contribution in [3.63, 3.8) is 0 Å². The number of hydrogen-bond acceptors (Lipinski definition) is 6. The highest BCUT2D eigenvalue weighted by Crippen LogP contribution is 2.23. The van der Waals surface area contributed by atoms with E-state index in [9.17, 15) is 18.0 Å². The molecular weight excluding hydrogens is 399 g/mol. The molecule has 7 nitrogen and oxygen atoms in total. The van der Waals surface area contributed by atoms with Gasteiger partial charge < -0.3 is 15.0 Å². The van der Waals surface area contributed by atoms with E-state index in [0.29, 0.717) is 22.8 Å². The molecule has 0 spiro atoms. The number of anilines is 1. The predicted octanol–water partition coefficient (Wildman–Crippen LogP) is 3.52. The van der Waals surface area contributed by atoms with E-state index in [0.717, 1.165) is 25.9 Å². The Balaban J connectivity index is 1.69. The van der Waals surface area contributed by atoms with Crippen molar-refractivity contribution >= 4 is 11.9 Å². The first kappa shape index (κ1) is 21.8. The maximum atomic E-state index is 12.7. The van der Waals surface area contributed by atoms with Crippen molar-refractivity contribution in [3.8, 4) is 5.88 Å². The number of aromatic nitrogens is 3. The minimum Gasteiger partial charge on any atom is -0.468 e. The van der Waals surface area contributed by atoms with Crippen LogP contribution < -0.4 is 15.0 Å². The zero-order valence-corrected chi connectivity index (χ0v) is 17.1. The Kier molecular flexibility index (Phi) is 6.42. The lowest BCUT2D eigenvalue weighted by Gasteiger charge is -2.18. The first-order chi connectivity index (χ1) is 14.1. The normalized spacial score (nSPS) is 15.2. The number of carbonyl (C=O) groups is 1. The molecule has 1 unspecified atom stereocenters. The second kappa shape index (κ2) is 8.85. The molecule has 1 saturated heterocycles. The molecule has 1 aliphatic heterocycles. The van der Waals surface area contributed by atoms with Gasteiger partial charge in [-0.1, -0.05) is 0 Å². The molecule has 0 radical (unpaired) electrons. The van der Waals surface area contributed by atoms with E-state index in [-0.39, 0.29) is 17.5 Å². The van der Waals surface area contributed by atoms with Crippen LogP contribution in [0.4, 0.5) is 19.1 Å². The van der Waals surface area contributed by atoms with E-state index in [1.54, 1.807) is 26.0 Å². The maximum Gasteiger partial charge on any atom is 0.422 e. The van der Waals surface area contributed by atoms with Gasteiger partial charge in [0.05, 0.1) is 6.04 Å². The number of halogens is 3. The van der Waals surface area contributed by atoms with Crippen LogP contribution >= 0.6 is 0 Å². The summed E-state index contributed by atoms with van der Waals surface area (Å²) in [4.78, 5) is 27.6. The van der Waals surface area contributed by atoms with Gasteiger partial charge in [0.2, 0.25) is 11.8 Å². The summed E-state index contributed by atoms with van der Waals surface area (Å²) in [6.07, 6.45) is -0.891. The quantitative estimate of drug-likeness (QED) is 0.766. The molecule has 10 heteroatoms. The molecule has 0 aromatic carbocycles. The molecule has 0 bridgehead atoms. The summed E-state index contributed by atoms with van der Waals surface area (Å²) >= 11 is 0. The minimum absolute atomic E-state index is 0.0868. The SMILES string of the molecule is Cc1cc(C(=O)NC(C)c2cnc(OCC(F)(F)F)c(C)c2)nc(N2CCCC2)n1. The Labute approximate surface area is 172 Å². The molecule has 0 saturated carbocycles. The van der Waals surface area contributed by atoms with E-state index >= 15 is 0 Å². The molecule has 2 aromatic rings. The number of carbonyl (C=O) groups excluding carboxylic acids is 1. The predicted molar refractivity (Wildman–Crippen MR) is 105 cm³/mol. The van der Waals surface area contributed by atoms with E-state index in [4.69, 9.17) is 4.74 Å². The highest BCUT2D eigenvalue weighted by Gasteiger charge is 2.29. The molecule has 1 aliphatic rings. The topological polar surface area (TPSA) is 80.2 Å². The molecule has 3 rings (SSSR count).